The van der Waals surface area contributed by atoms with Gasteiger partial charge >= 0.3 is 5.97 Å². The summed E-state index contributed by atoms with van der Waals surface area (Å²) in [6, 6.07) is 8.98. The summed E-state index contributed by atoms with van der Waals surface area (Å²) in [4.78, 5) is 16.4. The molecule has 2 heterocycles. The number of rotatable bonds is 2. The number of hydrogen-bond donors (Lipinski definition) is 0. The summed E-state index contributed by atoms with van der Waals surface area (Å²) in [6.07, 6.45) is 1.57. The van der Waals surface area contributed by atoms with E-state index in [9.17, 15) is 4.79 Å². The van der Waals surface area contributed by atoms with Crippen molar-refractivity contribution in [1.29, 1.82) is 0 Å². The van der Waals surface area contributed by atoms with Gasteiger partial charge in [-0.05, 0) is 48.4 Å². The molecule has 0 N–H and O–H groups in total. The second-order valence-electron chi connectivity index (χ2n) is 5.53. The van der Waals surface area contributed by atoms with E-state index in [1.807, 2.05) is 25.1 Å². The van der Waals surface area contributed by atoms with Crippen molar-refractivity contribution in [3.63, 3.8) is 0 Å². The Morgan fingerprint density at radius 2 is 1.96 bits per heavy atom. The lowest BCUT2D eigenvalue weighted by Gasteiger charge is -2.02. The lowest BCUT2D eigenvalue weighted by atomic mass is 10.1. The van der Waals surface area contributed by atoms with E-state index in [1.54, 1.807) is 18.2 Å². The molecule has 0 fully saturated rings. The number of carbonyl (C=O) groups is 1. The molecule has 4 rings (SSSR count). The van der Waals surface area contributed by atoms with Crippen molar-refractivity contribution >= 4 is 45.5 Å². The molecule has 5 nitrogen and oxygen atoms in total. The maximum atomic E-state index is 12.1. The highest BCUT2D eigenvalue weighted by molar-refractivity contribution is 9.10. The quantitative estimate of drug-likeness (QED) is 0.531. The lowest BCUT2D eigenvalue weighted by molar-refractivity contribution is -0.129. The number of nitrogens with zero attached hydrogens (tertiary/aromatic N) is 1. The fourth-order valence-electron chi connectivity index (χ4n) is 2.50. The predicted molar refractivity (Wildman–Crippen MR) is 97.1 cm³/mol. The molecule has 2 aromatic rings. The van der Waals surface area contributed by atoms with Gasteiger partial charge in [0, 0.05) is 16.1 Å². The standard InChI is InChI=1S/C18H11BrClNO4/c1-9-4-10(2-3-12(9)19)17-21-14(18(22)25-17)5-11-6-15-16(7-13(11)20)24-8-23-15/h2-7H,8H2,1H3. The van der Waals surface area contributed by atoms with E-state index in [-0.39, 0.29) is 18.4 Å². The highest BCUT2D eigenvalue weighted by Crippen LogP contribution is 2.38. The molecule has 2 aromatic carbocycles. The number of ether oxygens (including phenoxy) is 3. The molecule has 0 bridgehead atoms. The Morgan fingerprint density at radius 3 is 2.72 bits per heavy atom. The minimum Gasteiger partial charge on any atom is -0.454 e. The summed E-state index contributed by atoms with van der Waals surface area (Å²) in [6.45, 7) is 2.10. The van der Waals surface area contributed by atoms with E-state index in [1.165, 1.54) is 0 Å². The maximum absolute atomic E-state index is 12.1. The van der Waals surface area contributed by atoms with E-state index < -0.39 is 5.97 Å². The molecule has 0 amide bonds. The Morgan fingerprint density at radius 1 is 1.20 bits per heavy atom. The summed E-state index contributed by atoms with van der Waals surface area (Å²) in [5, 5.41) is 0.438. The number of carbonyl (C=O) groups excluding carboxylic acids is 1. The zero-order valence-corrected chi connectivity index (χ0v) is 15.3. The van der Waals surface area contributed by atoms with Crippen molar-refractivity contribution in [2.75, 3.05) is 6.79 Å². The SMILES string of the molecule is Cc1cc(C2=NC(=Cc3cc4c(cc3Cl)OCO4)C(=O)O2)ccc1Br. The normalized spacial score (nSPS) is 17.0. The molecule has 0 unspecified atom stereocenters. The zero-order valence-electron chi connectivity index (χ0n) is 13.0. The molecule has 2 aliphatic heterocycles. The first kappa shape index (κ1) is 16.2. The second-order valence-corrected chi connectivity index (χ2v) is 6.79. The Hall–Kier alpha value is -2.31. The predicted octanol–water partition coefficient (Wildman–Crippen LogP) is 4.48. The van der Waals surface area contributed by atoms with Crippen molar-refractivity contribution in [3.8, 4) is 11.5 Å². The molecule has 0 aliphatic carbocycles. The third kappa shape index (κ3) is 3.03. The highest BCUT2D eigenvalue weighted by atomic mass is 79.9. The summed E-state index contributed by atoms with van der Waals surface area (Å²) in [7, 11) is 0. The fourth-order valence-corrected chi connectivity index (χ4v) is 2.96. The Bertz CT molecular complexity index is 968. The van der Waals surface area contributed by atoms with E-state index in [4.69, 9.17) is 25.8 Å². The van der Waals surface area contributed by atoms with Crippen molar-refractivity contribution in [2.45, 2.75) is 6.92 Å². The van der Waals surface area contributed by atoms with Crippen LogP contribution in [0.25, 0.3) is 6.08 Å². The van der Waals surface area contributed by atoms with Gasteiger partial charge in [-0.15, -0.1) is 0 Å². The van der Waals surface area contributed by atoms with Crippen LogP contribution in [-0.4, -0.2) is 18.7 Å². The van der Waals surface area contributed by atoms with Gasteiger partial charge in [0.2, 0.25) is 12.7 Å². The number of benzene rings is 2. The largest absolute Gasteiger partial charge is 0.454 e. The van der Waals surface area contributed by atoms with Crippen LogP contribution in [0.3, 0.4) is 0 Å². The van der Waals surface area contributed by atoms with Crippen LogP contribution in [0.1, 0.15) is 16.7 Å². The summed E-state index contributed by atoms with van der Waals surface area (Å²) >= 11 is 9.68. The number of halogens is 2. The molecule has 0 saturated carbocycles. The molecule has 0 spiro atoms. The van der Waals surface area contributed by atoms with Gasteiger partial charge in [0.25, 0.3) is 0 Å². The number of aliphatic imine (C=N–C) groups is 1. The van der Waals surface area contributed by atoms with Crippen LogP contribution < -0.4 is 9.47 Å². The van der Waals surface area contributed by atoms with Crippen LogP contribution in [0.5, 0.6) is 11.5 Å². The monoisotopic (exact) mass is 419 g/mol. The van der Waals surface area contributed by atoms with Crippen LogP contribution in [0.4, 0.5) is 0 Å². The average Bonchev–Trinajstić information content (AvgIpc) is 3.17. The van der Waals surface area contributed by atoms with Crippen molar-refractivity contribution in [3.05, 3.63) is 62.2 Å². The first-order valence-corrected chi connectivity index (χ1v) is 8.56. The average molecular weight is 421 g/mol. The molecular weight excluding hydrogens is 410 g/mol. The van der Waals surface area contributed by atoms with Gasteiger partial charge in [0.1, 0.15) is 0 Å². The van der Waals surface area contributed by atoms with Crippen LogP contribution in [-0.2, 0) is 9.53 Å². The lowest BCUT2D eigenvalue weighted by Crippen LogP contribution is -2.05. The van der Waals surface area contributed by atoms with Gasteiger partial charge in [-0.2, -0.15) is 0 Å². The Kier molecular flexibility index (Phi) is 4.01. The van der Waals surface area contributed by atoms with Crippen molar-refractivity contribution < 1.29 is 19.0 Å². The number of fused-ring (bicyclic) bond motifs is 1. The third-order valence-electron chi connectivity index (χ3n) is 3.81. The molecule has 0 atom stereocenters. The highest BCUT2D eigenvalue weighted by Gasteiger charge is 2.25. The first-order chi connectivity index (χ1) is 12.0. The molecule has 2 aliphatic rings. The molecule has 25 heavy (non-hydrogen) atoms. The van der Waals surface area contributed by atoms with Crippen molar-refractivity contribution in [1.82, 2.24) is 0 Å². The van der Waals surface area contributed by atoms with Gasteiger partial charge in [-0.1, -0.05) is 27.5 Å². The smallest absolute Gasteiger partial charge is 0.363 e. The van der Waals surface area contributed by atoms with E-state index in [0.29, 0.717) is 22.1 Å². The minimum atomic E-state index is -0.524. The van der Waals surface area contributed by atoms with Crippen LogP contribution in [0.2, 0.25) is 5.02 Å². The van der Waals surface area contributed by atoms with Gasteiger partial charge in [-0.3, -0.25) is 0 Å². The molecule has 0 aromatic heterocycles. The zero-order chi connectivity index (χ0) is 17.6. The van der Waals surface area contributed by atoms with E-state index in [2.05, 4.69) is 20.9 Å². The number of esters is 1. The molecule has 7 heteroatoms. The van der Waals surface area contributed by atoms with Gasteiger partial charge in [-0.25, -0.2) is 9.79 Å². The summed E-state index contributed by atoms with van der Waals surface area (Å²) in [5.41, 5.74) is 2.54. The van der Waals surface area contributed by atoms with E-state index >= 15 is 0 Å². The van der Waals surface area contributed by atoms with E-state index in [0.717, 1.165) is 15.6 Å². The molecule has 126 valence electrons. The third-order valence-corrected chi connectivity index (χ3v) is 5.03. The van der Waals surface area contributed by atoms with Crippen LogP contribution in [0.15, 0.2) is 45.5 Å². The number of cyclic esters (lactones) is 1. The topological polar surface area (TPSA) is 57.1 Å². The van der Waals surface area contributed by atoms with Crippen molar-refractivity contribution in [2.24, 2.45) is 4.99 Å². The Labute approximate surface area is 157 Å². The minimum absolute atomic E-state index is 0.152. The number of aryl methyl sites for hydroxylation is 1. The molecule has 0 radical (unpaired) electrons. The summed E-state index contributed by atoms with van der Waals surface area (Å²) in [5.74, 6) is 0.902. The van der Waals surface area contributed by atoms with Gasteiger partial charge in [0.05, 0.1) is 5.02 Å². The molecule has 0 saturated heterocycles. The summed E-state index contributed by atoms with van der Waals surface area (Å²) < 4.78 is 16.9. The van der Waals surface area contributed by atoms with Gasteiger partial charge < -0.3 is 14.2 Å². The number of hydrogen-bond acceptors (Lipinski definition) is 5. The fraction of sp³-hybridized carbons (Fsp3) is 0.111. The van der Waals surface area contributed by atoms with Gasteiger partial charge in [0.15, 0.2) is 17.2 Å². The first-order valence-electron chi connectivity index (χ1n) is 7.39. The second kappa shape index (κ2) is 6.20. The molecular formula is C18H11BrClNO4. The Balaban J connectivity index is 1.71. The maximum Gasteiger partial charge on any atom is 0.363 e. The van der Waals surface area contributed by atoms with Crippen LogP contribution >= 0.6 is 27.5 Å². The van der Waals surface area contributed by atoms with Crippen LogP contribution in [0, 0.1) is 6.92 Å².